The van der Waals surface area contributed by atoms with Crippen LogP contribution in [0.15, 0.2) is 126 Å². The number of benzene rings is 5. The van der Waals surface area contributed by atoms with Gasteiger partial charge in [0.2, 0.25) is 17.4 Å². The monoisotopic (exact) mass is 880 g/mol. The van der Waals surface area contributed by atoms with E-state index in [2.05, 4.69) is 25.8 Å². The molecule has 0 spiro atoms. The third-order valence-electron chi connectivity index (χ3n) is 11.8. The molecule has 14 nitrogen and oxygen atoms in total. The predicted octanol–water partition coefficient (Wildman–Crippen LogP) is 7.41. The highest BCUT2D eigenvalue weighted by Crippen LogP contribution is 2.30. The second-order valence-electron chi connectivity index (χ2n) is 16.4. The van der Waals surface area contributed by atoms with Gasteiger partial charge in [-0.2, -0.15) is 0 Å². The van der Waals surface area contributed by atoms with Gasteiger partial charge < -0.3 is 45.1 Å². The number of aromatic amines is 1. The number of aliphatic hydroxyl groups excluding tert-OH is 1. The molecule has 338 valence electrons. The number of likely N-dealkylation sites (tertiary alicyclic amines) is 1. The Labute approximate surface area is 378 Å². The maximum absolute atomic E-state index is 13.3. The fourth-order valence-corrected chi connectivity index (χ4v) is 8.23. The zero-order valence-electron chi connectivity index (χ0n) is 36.9. The van der Waals surface area contributed by atoms with Crippen molar-refractivity contribution in [3.05, 3.63) is 148 Å². The second-order valence-corrected chi connectivity index (χ2v) is 16.4. The summed E-state index contributed by atoms with van der Waals surface area (Å²) < 4.78 is 11.4. The maximum Gasteiger partial charge on any atom is 0.411 e. The molecule has 0 bridgehead atoms. The van der Waals surface area contributed by atoms with E-state index >= 15 is 0 Å². The number of fused-ring (bicyclic) bond motifs is 1. The molecule has 0 aliphatic carbocycles. The number of pyridine rings is 1. The van der Waals surface area contributed by atoms with E-state index in [9.17, 15) is 29.4 Å². The summed E-state index contributed by atoms with van der Waals surface area (Å²) in [5.41, 5.74) is 6.03. The number of carbonyl (C=O) groups is 3. The number of hydrogen-bond acceptors (Lipinski definition) is 10. The Bertz CT molecular complexity index is 2660. The number of phenols is 1. The van der Waals surface area contributed by atoms with Gasteiger partial charge in [0.25, 0.3) is 0 Å². The van der Waals surface area contributed by atoms with E-state index in [1.165, 1.54) is 12.1 Å². The number of amides is 3. The van der Waals surface area contributed by atoms with Crippen LogP contribution in [0.4, 0.5) is 21.9 Å². The van der Waals surface area contributed by atoms with Gasteiger partial charge >= 0.3 is 6.09 Å². The lowest BCUT2D eigenvalue weighted by Crippen LogP contribution is -2.40. The number of piperidine rings is 1. The van der Waals surface area contributed by atoms with E-state index in [4.69, 9.17) is 9.47 Å². The highest BCUT2D eigenvalue weighted by atomic mass is 16.6. The molecule has 14 heteroatoms. The largest absolute Gasteiger partial charge is 0.506 e. The van der Waals surface area contributed by atoms with Gasteiger partial charge in [0, 0.05) is 74.1 Å². The number of aromatic hydroxyl groups is 1. The minimum absolute atomic E-state index is 0.0567. The van der Waals surface area contributed by atoms with E-state index in [1.807, 2.05) is 85.8 Å². The first-order valence-electron chi connectivity index (χ1n) is 21.9. The van der Waals surface area contributed by atoms with Gasteiger partial charge in [0.1, 0.15) is 17.6 Å². The van der Waals surface area contributed by atoms with Crippen molar-refractivity contribution in [1.29, 1.82) is 0 Å². The van der Waals surface area contributed by atoms with Crippen molar-refractivity contribution in [3.8, 4) is 22.6 Å². The first-order valence-corrected chi connectivity index (χ1v) is 21.9. The van der Waals surface area contributed by atoms with Gasteiger partial charge in [-0.3, -0.25) is 19.7 Å². The third-order valence-corrected chi connectivity index (χ3v) is 11.8. The highest BCUT2D eigenvalue weighted by molar-refractivity contribution is 5.96. The molecule has 1 fully saturated rings. The summed E-state index contributed by atoms with van der Waals surface area (Å²) in [6.07, 6.45) is 0.711. The zero-order chi connectivity index (χ0) is 45.9. The number of nitrogens with zero attached hydrogens (tertiary/aromatic N) is 2. The summed E-state index contributed by atoms with van der Waals surface area (Å²) in [7, 11) is 3.32. The average molecular weight is 881 g/mol. The van der Waals surface area contributed by atoms with Crippen molar-refractivity contribution >= 4 is 45.9 Å². The Balaban J connectivity index is 0.850. The Morgan fingerprint density at radius 1 is 0.892 bits per heavy atom. The lowest BCUT2D eigenvalue weighted by molar-refractivity contribution is -0.118. The molecule has 65 heavy (non-hydrogen) atoms. The van der Waals surface area contributed by atoms with Crippen molar-refractivity contribution in [1.82, 2.24) is 15.2 Å². The molecule has 6 aromatic rings. The molecule has 1 aromatic heterocycles. The van der Waals surface area contributed by atoms with Gasteiger partial charge in [-0.05, 0) is 90.9 Å². The van der Waals surface area contributed by atoms with Gasteiger partial charge in [-0.1, -0.05) is 72.8 Å². The third kappa shape index (κ3) is 12.2. The van der Waals surface area contributed by atoms with Gasteiger partial charge in [-0.25, -0.2) is 4.79 Å². The number of anilines is 3. The molecule has 0 saturated carbocycles. The Hall–Kier alpha value is -7.00. The number of aromatic nitrogens is 1. The van der Waals surface area contributed by atoms with Crippen LogP contribution in [0, 0.1) is 0 Å². The van der Waals surface area contributed by atoms with Crippen LogP contribution in [0.5, 0.6) is 11.5 Å². The van der Waals surface area contributed by atoms with Crippen LogP contribution in [-0.4, -0.2) is 90.5 Å². The summed E-state index contributed by atoms with van der Waals surface area (Å²) in [4.78, 5) is 57.8. The van der Waals surface area contributed by atoms with Crippen LogP contribution >= 0.6 is 0 Å². The first kappa shape index (κ1) is 46.0. The lowest BCUT2D eigenvalue weighted by atomic mass is 10.00. The number of phenolic OH excluding ortho intramolecular Hbond substituents is 1. The minimum Gasteiger partial charge on any atom is -0.506 e. The van der Waals surface area contributed by atoms with Crippen LogP contribution in [0.2, 0.25) is 0 Å². The Kier molecular flexibility index (Phi) is 15.3. The first-order chi connectivity index (χ1) is 31.4. The average Bonchev–Trinajstić information content (AvgIpc) is 3.31. The molecule has 1 saturated heterocycles. The number of para-hydroxylation sites is 1. The van der Waals surface area contributed by atoms with Crippen molar-refractivity contribution in [2.45, 2.75) is 57.3 Å². The second kappa shape index (κ2) is 21.6. The lowest BCUT2D eigenvalue weighted by Gasteiger charge is -2.31. The van der Waals surface area contributed by atoms with Gasteiger partial charge in [0.15, 0.2) is 0 Å². The fraction of sp³-hybridized carbons (Fsp3) is 0.294. The zero-order valence-corrected chi connectivity index (χ0v) is 36.9. The standard InChI is InChI=1S/C51H56N6O8/c1-33(52-32-45(59)41-17-19-44(58)50-42(41)18-21-47(60)55-50)28-36-29-34(16-20-46(36)64-3)30-48(61)53-37-12-9-13-38(31-37)56(2)49(62)24-27-57-25-22-39(23-26-57)65-51(63)54-43-15-8-7-14-40(43)35-10-5-4-6-11-35/h4-21,29,31,33,39,45,52,58-59H,22-28,30,32H2,1-3H3,(H,53,61)(H,54,63)(H,55,60)/t33?,45-/m0/s1. The molecule has 5 aromatic carbocycles. The highest BCUT2D eigenvalue weighted by Gasteiger charge is 2.24. The molecule has 6 N–H and O–H groups in total. The maximum atomic E-state index is 13.3. The number of aliphatic hydroxyl groups is 1. The van der Waals surface area contributed by atoms with Crippen molar-refractivity contribution in [2.24, 2.45) is 0 Å². The van der Waals surface area contributed by atoms with Crippen molar-refractivity contribution in [3.63, 3.8) is 0 Å². The van der Waals surface area contributed by atoms with E-state index in [-0.39, 0.29) is 53.8 Å². The number of hydrogen-bond donors (Lipinski definition) is 6. The van der Waals surface area contributed by atoms with Crippen LogP contribution in [-0.2, 0) is 27.2 Å². The molecule has 2 atom stereocenters. The number of ether oxygens (including phenoxy) is 2. The van der Waals surface area contributed by atoms with Gasteiger partial charge in [0.05, 0.1) is 30.8 Å². The van der Waals surface area contributed by atoms with Crippen LogP contribution in [0.1, 0.15) is 49.0 Å². The molecule has 1 aliphatic heterocycles. The fourth-order valence-electron chi connectivity index (χ4n) is 8.23. The molecule has 1 aliphatic rings. The summed E-state index contributed by atoms with van der Waals surface area (Å²) in [5, 5.41) is 31.1. The van der Waals surface area contributed by atoms with E-state index in [0.29, 0.717) is 79.1 Å². The van der Waals surface area contributed by atoms with E-state index in [0.717, 1.165) is 22.3 Å². The van der Waals surface area contributed by atoms with Crippen molar-refractivity contribution in [2.75, 3.05) is 55.9 Å². The quantitative estimate of drug-likeness (QED) is 0.0539. The Morgan fingerprint density at radius 2 is 1.66 bits per heavy atom. The SMILES string of the molecule is COc1ccc(CC(=O)Nc2cccc(N(C)C(=O)CCN3CCC(OC(=O)Nc4ccccc4-c4ccccc4)CC3)c2)cc1CC(C)NC[C@H](O)c1ccc(O)c2[nH]c(=O)ccc12. The summed E-state index contributed by atoms with van der Waals surface area (Å²) >= 11 is 0. The van der Waals surface area contributed by atoms with E-state index < -0.39 is 12.2 Å². The Morgan fingerprint density at radius 3 is 2.45 bits per heavy atom. The number of rotatable bonds is 17. The van der Waals surface area contributed by atoms with Crippen molar-refractivity contribution < 1.29 is 34.1 Å². The number of H-pyrrole nitrogens is 1. The summed E-state index contributed by atoms with van der Waals surface area (Å²) in [6.45, 7) is 4.19. The predicted molar refractivity (Wildman–Crippen MR) is 254 cm³/mol. The molecule has 2 heterocycles. The summed E-state index contributed by atoms with van der Waals surface area (Å²) in [6, 6.07) is 36.3. The molecule has 1 unspecified atom stereocenters. The molecule has 7 rings (SSSR count). The van der Waals surface area contributed by atoms with Crippen LogP contribution in [0.25, 0.3) is 22.0 Å². The number of nitrogens with one attached hydrogen (secondary N) is 4. The van der Waals surface area contributed by atoms with E-state index in [1.54, 1.807) is 49.4 Å². The number of methoxy groups -OCH3 is 1. The molecule has 3 amide bonds. The normalized spacial score (nSPS) is 14.0. The number of carbonyl (C=O) groups excluding carboxylic acids is 3. The smallest absolute Gasteiger partial charge is 0.411 e. The topological polar surface area (TPSA) is 186 Å². The van der Waals surface area contributed by atoms with Crippen LogP contribution < -0.4 is 31.1 Å². The van der Waals surface area contributed by atoms with Crippen LogP contribution in [0.3, 0.4) is 0 Å². The minimum atomic E-state index is -0.909. The molecular formula is C51H56N6O8. The molecule has 0 radical (unpaired) electrons. The summed E-state index contributed by atoms with van der Waals surface area (Å²) in [5.74, 6) is 0.334. The van der Waals surface area contributed by atoms with Gasteiger partial charge in [-0.15, -0.1) is 0 Å². The molecular weight excluding hydrogens is 825 g/mol.